The van der Waals surface area contributed by atoms with Gasteiger partial charge in [0, 0.05) is 0 Å². The Balaban J connectivity index is 5.67. The van der Waals surface area contributed by atoms with Gasteiger partial charge in [0.2, 0.25) is 0 Å². The molecule has 0 heterocycles. The summed E-state index contributed by atoms with van der Waals surface area (Å²) >= 11 is 0. The van der Waals surface area contributed by atoms with Crippen LogP contribution in [0.25, 0.3) is 0 Å². The molecule has 0 bridgehead atoms. The zero-order chi connectivity index (χ0) is 33.5. The quantitative estimate of drug-likeness (QED) is 0.128. The van der Waals surface area contributed by atoms with Gasteiger partial charge in [0.25, 0.3) is 6.29 Å². The van der Waals surface area contributed by atoms with Crippen molar-refractivity contribution in [2.24, 2.45) is 11.8 Å². The first-order chi connectivity index (χ1) is 19.7. The average Bonchev–Trinajstić information content (AvgIpc) is 2.85. The number of amides is 2. The van der Waals surface area contributed by atoms with Crippen LogP contribution in [-0.4, -0.2) is 77.4 Å². The van der Waals surface area contributed by atoms with E-state index in [1.165, 1.54) is 0 Å². The summed E-state index contributed by atoms with van der Waals surface area (Å²) in [6, 6.07) is -2.22. The van der Waals surface area contributed by atoms with Gasteiger partial charge < -0.3 is 39.4 Å². The van der Waals surface area contributed by atoms with Crippen molar-refractivity contribution in [2.45, 2.75) is 131 Å². The van der Waals surface area contributed by atoms with Crippen LogP contribution in [0.3, 0.4) is 0 Å². The van der Waals surface area contributed by atoms with Crippen molar-refractivity contribution in [1.82, 2.24) is 10.6 Å². The number of nitrogens with one attached hydrogen (secondary N) is 2. The first-order valence-corrected chi connectivity index (χ1v) is 14.5. The molecule has 0 aliphatic carbocycles. The fourth-order valence-corrected chi connectivity index (χ4v) is 3.31. The van der Waals surface area contributed by atoms with Crippen LogP contribution in [0.5, 0.6) is 0 Å². The number of alkyl carbamates (subject to hydrolysis) is 2. The number of rotatable bonds is 16. The van der Waals surface area contributed by atoms with Crippen LogP contribution in [0.4, 0.5) is 9.59 Å². The van der Waals surface area contributed by atoms with E-state index >= 15 is 0 Å². The molecule has 0 saturated heterocycles. The van der Waals surface area contributed by atoms with E-state index in [0.29, 0.717) is 12.8 Å². The van der Waals surface area contributed by atoms with Crippen LogP contribution in [0.15, 0.2) is 0 Å². The maximum atomic E-state index is 13.1. The third-order valence-corrected chi connectivity index (χ3v) is 5.93. The van der Waals surface area contributed by atoms with E-state index in [1.807, 2.05) is 6.92 Å². The smallest absolute Gasteiger partial charge is 0.408 e. The minimum absolute atomic E-state index is 0.310. The molecule has 0 rings (SSSR count). The number of hydrogen-bond acceptors (Lipinski definition) is 11. The normalized spacial score (nSPS) is 15.0. The number of carbonyl (C=O) groups excluding carboxylic acids is 5. The molecule has 0 aromatic rings. The Kier molecular flexibility index (Phi) is 16.7. The minimum atomic E-state index is -1.57. The maximum absolute atomic E-state index is 13.1. The van der Waals surface area contributed by atoms with Crippen molar-refractivity contribution in [3.63, 3.8) is 0 Å². The van der Waals surface area contributed by atoms with Gasteiger partial charge in [-0.1, -0.05) is 40.5 Å². The number of carbonyl (C=O) groups is 6. The Morgan fingerprint density at radius 1 is 0.698 bits per heavy atom. The molecule has 3 unspecified atom stereocenters. The number of esters is 3. The summed E-state index contributed by atoms with van der Waals surface area (Å²) in [7, 11) is 0. The fourth-order valence-electron chi connectivity index (χ4n) is 3.31. The monoisotopic (exact) mass is 618 g/mol. The SMILES string of the molecule is CCC(C)[C@H](NC(=O)OC(C)(C)C)C(=O)OCCC(OC(=O)CCC(=O)O)OC(=O)[C@@H](NC(=O)OC(C)(C)C)C(C)CC. The largest absolute Gasteiger partial charge is 0.481 e. The average molecular weight is 619 g/mol. The number of carboxylic acid groups (broad SMARTS) is 1. The number of ether oxygens (including phenoxy) is 5. The van der Waals surface area contributed by atoms with Crippen molar-refractivity contribution in [2.75, 3.05) is 6.61 Å². The first-order valence-electron chi connectivity index (χ1n) is 14.5. The van der Waals surface area contributed by atoms with E-state index in [9.17, 15) is 28.8 Å². The van der Waals surface area contributed by atoms with Crippen LogP contribution in [-0.2, 0) is 42.9 Å². The van der Waals surface area contributed by atoms with Crippen molar-refractivity contribution in [3.8, 4) is 0 Å². The summed E-state index contributed by atoms with van der Waals surface area (Å²) in [5.41, 5.74) is -1.62. The topological polar surface area (TPSA) is 193 Å². The van der Waals surface area contributed by atoms with Crippen LogP contribution in [0.2, 0.25) is 0 Å². The van der Waals surface area contributed by atoms with Crippen LogP contribution in [0, 0.1) is 11.8 Å². The highest BCUT2D eigenvalue weighted by atomic mass is 16.7. The maximum Gasteiger partial charge on any atom is 0.408 e. The Morgan fingerprint density at radius 3 is 1.53 bits per heavy atom. The Morgan fingerprint density at radius 2 is 1.14 bits per heavy atom. The lowest BCUT2D eigenvalue weighted by atomic mass is 9.99. The molecule has 248 valence electrons. The van der Waals surface area contributed by atoms with Crippen molar-refractivity contribution < 1.29 is 57.6 Å². The van der Waals surface area contributed by atoms with Gasteiger partial charge in [-0.25, -0.2) is 19.2 Å². The van der Waals surface area contributed by atoms with Gasteiger partial charge in [-0.3, -0.25) is 9.59 Å². The molecular weight excluding hydrogens is 568 g/mol. The highest BCUT2D eigenvalue weighted by Crippen LogP contribution is 2.16. The number of hydrogen-bond donors (Lipinski definition) is 3. The molecule has 0 fully saturated rings. The molecule has 0 aliphatic rings. The summed E-state index contributed by atoms with van der Waals surface area (Å²) in [5, 5.41) is 13.9. The summed E-state index contributed by atoms with van der Waals surface area (Å²) in [6.07, 6.45) is -3.56. The fraction of sp³-hybridized carbons (Fsp3) is 0.793. The van der Waals surface area contributed by atoms with Gasteiger partial charge >= 0.3 is 36.1 Å². The van der Waals surface area contributed by atoms with E-state index < -0.39 is 84.4 Å². The van der Waals surface area contributed by atoms with Gasteiger partial charge in [0.1, 0.15) is 23.3 Å². The summed E-state index contributed by atoms with van der Waals surface area (Å²) in [5.74, 6) is -4.64. The minimum Gasteiger partial charge on any atom is -0.481 e. The lowest BCUT2D eigenvalue weighted by Crippen LogP contribution is -2.49. The van der Waals surface area contributed by atoms with E-state index in [2.05, 4.69) is 10.6 Å². The molecule has 3 N–H and O–H groups in total. The van der Waals surface area contributed by atoms with Crippen LogP contribution < -0.4 is 10.6 Å². The summed E-state index contributed by atoms with van der Waals surface area (Å²) < 4.78 is 26.4. The third kappa shape index (κ3) is 17.9. The molecule has 14 heteroatoms. The summed E-state index contributed by atoms with van der Waals surface area (Å²) in [4.78, 5) is 73.8. The Hall–Kier alpha value is -3.58. The van der Waals surface area contributed by atoms with Gasteiger partial charge in [-0.15, -0.1) is 0 Å². The molecule has 0 spiro atoms. The first kappa shape index (κ1) is 39.4. The zero-order valence-electron chi connectivity index (χ0n) is 27.1. The molecule has 0 aromatic heterocycles. The second kappa shape index (κ2) is 18.2. The van der Waals surface area contributed by atoms with E-state index in [4.69, 9.17) is 28.8 Å². The zero-order valence-corrected chi connectivity index (χ0v) is 27.1. The molecule has 0 aromatic carbocycles. The molecular formula is C29H50N2O12. The van der Waals surface area contributed by atoms with Crippen molar-refractivity contribution in [3.05, 3.63) is 0 Å². The number of carboxylic acids is 1. The third-order valence-electron chi connectivity index (χ3n) is 5.93. The Bertz CT molecular complexity index is 954. The molecule has 0 saturated carbocycles. The number of aliphatic carboxylic acids is 1. The molecule has 43 heavy (non-hydrogen) atoms. The second-order valence-electron chi connectivity index (χ2n) is 12.2. The predicted octanol–water partition coefficient (Wildman–Crippen LogP) is 4.08. The Labute approximate surface area is 253 Å². The van der Waals surface area contributed by atoms with E-state index in [-0.39, 0.29) is 18.9 Å². The van der Waals surface area contributed by atoms with Crippen molar-refractivity contribution in [1.29, 1.82) is 0 Å². The molecule has 14 nitrogen and oxygen atoms in total. The second-order valence-corrected chi connectivity index (χ2v) is 12.2. The summed E-state index contributed by atoms with van der Waals surface area (Å²) in [6.45, 7) is 16.7. The molecule has 5 atom stereocenters. The molecule has 2 amide bonds. The standard InChI is InChI=1S/C29H50N2O12/c1-11-17(3)22(30-26(37)42-28(5,6)7)24(35)39-16-15-21(40-20(34)14-13-19(32)33)41-25(36)23(18(4)12-2)31-27(38)43-29(8,9)10/h17-18,21-23H,11-16H2,1-10H3,(H,30,37)(H,31,38)(H,32,33)/t17?,18?,21?,22-,23-/m0/s1. The van der Waals surface area contributed by atoms with E-state index in [1.54, 1.807) is 62.3 Å². The lowest BCUT2D eigenvalue weighted by Gasteiger charge is -2.27. The van der Waals surface area contributed by atoms with Gasteiger partial charge in [0.05, 0.1) is 25.9 Å². The molecule has 0 aliphatic heterocycles. The highest BCUT2D eigenvalue weighted by molar-refractivity contribution is 5.83. The predicted molar refractivity (Wildman–Crippen MR) is 154 cm³/mol. The lowest BCUT2D eigenvalue weighted by molar-refractivity contribution is -0.193. The molecule has 0 radical (unpaired) electrons. The van der Waals surface area contributed by atoms with Gasteiger partial charge in [-0.05, 0) is 53.4 Å². The van der Waals surface area contributed by atoms with Gasteiger partial charge in [0.15, 0.2) is 0 Å². The van der Waals surface area contributed by atoms with Crippen LogP contribution >= 0.6 is 0 Å². The van der Waals surface area contributed by atoms with Crippen LogP contribution in [0.1, 0.15) is 101 Å². The van der Waals surface area contributed by atoms with E-state index in [0.717, 1.165) is 0 Å². The van der Waals surface area contributed by atoms with Crippen molar-refractivity contribution >= 4 is 36.1 Å². The van der Waals surface area contributed by atoms with Gasteiger partial charge in [-0.2, -0.15) is 0 Å². The highest BCUT2D eigenvalue weighted by Gasteiger charge is 2.33.